The molecule has 0 aliphatic heterocycles. The van der Waals surface area contributed by atoms with Crippen molar-refractivity contribution in [3.63, 3.8) is 0 Å². The third-order valence-corrected chi connectivity index (χ3v) is 8.68. The number of hydrogen-bond donors (Lipinski definition) is 3. The molecule has 0 saturated heterocycles. The van der Waals surface area contributed by atoms with Crippen molar-refractivity contribution in [3.05, 3.63) is 203 Å². The van der Waals surface area contributed by atoms with Crippen LogP contribution in [0, 0.1) is 6.07 Å². The average Bonchev–Trinajstić information content (AvgIpc) is 3.83. The fourth-order valence-electron chi connectivity index (χ4n) is 6.50. The van der Waals surface area contributed by atoms with Crippen molar-refractivity contribution >= 4 is 0 Å². The third-order valence-electron chi connectivity index (χ3n) is 8.68. The molecule has 3 nitrogen and oxygen atoms in total. The molecule has 0 amide bonds. The van der Waals surface area contributed by atoms with Crippen LogP contribution in [0.5, 0.6) is 0 Å². The minimum Gasteiger partial charge on any atom is -0.400 e. The molecule has 1 radical (unpaired) electrons. The quantitative estimate of drug-likeness (QED) is 0.106. The van der Waals surface area contributed by atoms with Crippen LogP contribution < -0.4 is 0 Å². The van der Waals surface area contributed by atoms with Crippen LogP contribution in [0.3, 0.4) is 0 Å². The van der Waals surface area contributed by atoms with E-state index in [4.69, 9.17) is 5.11 Å². The second-order valence-electron chi connectivity index (χ2n) is 11.2. The molecule has 229 valence electrons. The van der Waals surface area contributed by atoms with Gasteiger partial charge in [0, 0.05) is 7.11 Å². The maximum absolute atomic E-state index is 13.2. The van der Waals surface area contributed by atoms with Gasteiger partial charge in [-0.05, 0) is 22.6 Å². The van der Waals surface area contributed by atoms with Gasteiger partial charge in [0.15, 0.2) is 0 Å². The van der Waals surface area contributed by atoms with Crippen molar-refractivity contribution < 1.29 is 32.4 Å². The molecule has 0 bridgehead atoms. The Labute approximate surface area is 277 Å². The number of hydrogen-bond acceptors (Lipinski definition) is 3. The summed E-state index contributed by atoms with van der Waals surface area (Å²) in [4.78, 5) is 0. The zero-order valence-corrected chi connectivity index (χ0v) is 26.7. The molecule has 0 fully saturated rings. The van der Waals surface area contributed by atoms with Gasteiger partial charge in [0.05, 0.1) is 5.60 Å². The molecule has 0 spiro atoms. The normalized spacial score (nSPS) is 13.8. The summed E-state index contributed by atoms with van der Waals surface area (Å²) in [5.41, 5.74) is 3.09. The zero-order valence-electron chi connectivity index (χ0n) is 25.6. The number of aliphatic hydroxyl groups excluding tert-OH is 1. The summed E-state index contributed by atoms with van der Waals surface area (Å²) in [5, 5.41) is 33.0. The van der Waals surface area contributed by atoms with E-state index in [-0.39, 0.29) is 23.0 Å². The number of benzene rings is 4. The van der Waals surface area contributed by atoms with E-state index in [0.717, 1.165) is 34.9 Å². The molecule has 45 heavy (non-hydrogen) atoms. The Bertz CT molecular complexity index is 1600. The van der Waals surface area contributed by atoms with Crippen molar-refractivity contribution in [3.8, 4) is 0 Å². The fourth-order valence-corrected chi connectivity index (χ4v) is 6.50. The van der Waals surface area contributed by atoms with Crippen molar-refractivity contribution in [2.24, 2.45) is 0 Å². The smallest absolute Gasteiger partial charge is 0.400 e. The van der Waals surface area contributed by atoms with E-state index in [2.05, 4.69) is 43.3 Å². The standard InChI is InChI=1S/C40H35O2.CH4O.Fe/c1-30(31-17-14-15-18-31)29-38(40(42,34-23-10-4-11-24-34)35-25-12-5-13-26-35)36-27-16-28-37(36)39(41,32-19-6-2-7-20-32)33-21-8-3-9-22-33;1-2;/h2-21,23-28,30,38,41-42H,29H2,1H3;2H,1H3;/q-3;;+3/t30-,38+,39-;;/m0../s1. The SMILES string of the molecule is CO.C[C@@H](C[C@H]([c-]1cccc1[C@@](O)(c1[c-]cccc1)c1ccccc1)C(O)(c1ccccc1)c1ccccc1)[c-]1cccc1.[Fe+3]. The monoisotopic (exact) mass is 635 g/mol. The van der Waals surface area contributed by atoms with Gasteiger partial charge in [0.1, 0.15) is 5.60 Å². The Morgan fingerprint density at radius 1 is 0.622 bits per heavy atom. The summed E-state index contributed by atoms with van der Waals surface area (Å²) in [6, 6.07) is 55.1. The van der Waals surface area contributed by atoms with E-state index < -0.39 is 17.1 Å². The Morgan fingerprint density at radius 3 is 1.64 bits per heavy atom. The minimum absolute atomic E-state index is 0. The fraction of sp³-hybridized carbons (Fsp3) is 0.171. The molecule has 6 rings (SSSR count). The van der Waals surface area contributed by atoms with E-state index in [1.165, 1.54) is 5.56 Å². The summed E-state index contributed by atoms with van der Waals surface area (Å²) < 4.78 is 0. The maximum atomic E-state index is 13.2. The number of rotatable bonds is 10. The molecule has 6 aromatic carbocycles. The largest absolute Gasteiger partial charge is 3.00 e. The van der Waals surface area contributed by atoms with Crippen LogP contribution in [0.1, 0.15) is 64.1 Å². The van der Waals surface area contributed by atoms with Crippen molar-refractivity contribution in [1.29, 1.82) is 0 Å². The van der Waals surface area contributed by atoms with E-state index in [1.807, 2.05) is 127 Å². The molecule has 0 aromatic heterocycles. The van der Waals surface area contributed by atoms with Crippen LogP contribution in [-0.4, -0.2) is 22.4 Å². The van der Waals surface area contributed by atoms with E-state index in [9.17, 15) is 10.2 Å². The Morgan fingerprint density at radius 2 is 1.13 bits per heavy atom. The molecule has 0 heterocycles. The molecule has 3 atom stereocenters. The Hall–Kier alpha value is -4.02. The predicted octanol–water partition coefficient (Wildman–Crippen LogP) is 8.03. The number of aliphatic hydroxyl groups is 3. The van der Waals surface area contributed by atoms with E-state index >= 15 is 0 Å². The summed E-state index contributed by atoms with van der Waals surface area (Å²) in [7, 11) is 1.00. The Kier molecular flexibility index (Phi) is 11.5. The second-order valence-corrected chi connectivity index (χ2v) is 11.2. The van der Waals surface area contributed by atoms with Crippen LogP contribution in [0.4, 0.5) is 0 Å². The molecular weight excluding hydrogens is 596 g/mol. The topological polar surface area (TPSA) is 60.7 Å². The first-order valence-electron chi connectivity index (χ1n) is 15.0. The predicted molar refractivity (Wildman–Crippen MR) is 178 cm³/mol. The first-order chi connectivity index (χ1) is 21.5. The molecular formula is C41H39FeO3. The average molecular weight is 636 g/mol. The van der Waals surface area contributed by atoms with Gasteiger partial charge in [0.2, 0.25) is 0 Å². The van der Waals surface area contributed by atoms with E-state index in [0.29, 0.717) is 12.0 Å². The molecule has 3 N–H and O–H groups in total. The molecule has 0 saturated carbocycles. The van der Waals surface area contributed by atoms with Gasteiger partial charge >= 0.3 is 17.1 Å². The molecule has 6 aromatic rings. The molecule has 0 aliphatic rings. The summed E-state index contributed by atoms with van der Waals surface area (Å²) in [6.45, 7) is 2.22. The Balaban J connectivity index is 0.00000151. The summed E-state index contributed by atoms with van der Waals surface area (Å²) in [6.07, 6.45) is 0.657. The summed E-state index contributed by atoms with van der Waals surface area (Å²) in [5.74, 6) is -0.240. The molecule has 0 aliphatic carbocycles. The second kappa shape index (κ2) is 15.3. The first-order valence-corrected chi connectivity index (χ1v) is 15.0. The van der Waals surface area contributed by atoms with Gasteiger partial charge < -0.3 is 15.3 Å². The van der Waals surface area contributed by atoms with Crippen molar-refractivity contribution in [2.45, 2.75) is 36.4 Å². The molecule has 0 unspecified atom stereocenters. The van der Waals surface area contributed by atoms with Crippen molar-refractivity contribution in [2.75, 3.05) is 7.11 Å². The van der Waals surface area contributed by atoms with Crippen LogP contribution in [0.15, 0.2) is 158 Å². The van der Waals surface area contributed by atoms with Crippen LogP contribution >= 0.6 is 0 Å². The van der Waals surface area contributed by atoms with Crippen LogP contribution in [-0.2, 0) is 28.3 Å². The minimum atomic E-state index is -1.47. The van der Waals surface area contributed by atoms with Gasteiger partial charge in [-0.25, -0.2) is 24.3 Å². The molecule has 4 heteroatoms. The van der Waals surface area contributed by atoms with Crippen LogP contribution in [0.25, 0.3) is 0 Å². The third kappa shape index (κ3) is 6.67. The zero-order chi connectivity index (χ0) is 31.0. The maximum Gasteiger partial charge on any atom is 3.00 e. The van der Waals surface area contributed by atoms with Gasteiger partial charge in [-0.3, -0.25) is 0 Å². The van der Waals surface area contributed by atoms with Gasteiger partial charge in [0.25, 0.3) is 0 Å². The van der Waals surface area contributed by atoms with Gasteiger partial charge in [-0.2, -0.15) is 54.1 Å². The summed E-state index contributed by atoms with van der Waals surface area (Å²) >= 11 is 0. The van der Waals surface area contributed by atoms with E-state index in [1.54, 1.807) is 0 Å². The van der Waals surface area contributed by atoms with Gasteiger partial charge in [-0.15, -0.1) is 16.7 Å². The van der Waals surface area contributed by atoms with Gasteiger partial charge in [-0.1, -0.05) is 110 Å². The van der Waals surface area contributed by atoms with Crippen molar-refractivity contribution in [1.82, 2.24) is 0 Å². The first kappa shape index (κ1) is 33.9. The van der Waals surface area contributed by atoms with Crippen LogP contribution in [0.2, 0.25) is 0 Å².